The first-order valence-electron chi connectivity index (χ1n) is 5.40. The molecule has 0 bridgehead atoms. The number of rotatable bonds is 2. The van der Waals surface area contributed by atoms with E-state index in [0.717, 1.165) is 6.54 Å². The smallest absolute Gasteiger partial charge is 0.0449 e. The van der Waals surface area contributed by atoms with E-state index in [2.05, 4.69) is 46.5 Å². The molecule has 76 valence electrons. The topological polar surface area (TPSA) is 17.0 Å². The Hall–Kier alpha value is -1.54. The van der Waals surface area contributed by atoms with Crippen LogP contribution in [0, 0.1) is 0 Å². The lowest BCUT2D eigenvalue weighted by atomic mass is 9.98. The van der Waals surface area contributed by atoms with Gasteiger partial charge in [-0.3, -0.25) is 0 Å². The van der Waals surface area contributed by atoms with E-state index in [1.807, 2.05) is 12.1 Å². The number of nitrogens with one attached hydrogen (secondary N) is 1. The van der Waals surface area contributed by atoms with Crippen molar-refractivity contribution in [1.82, 2.24) is 9.88 Å². The molecule has 1 fully saturated rings. The third-order valence-electron chi connectivity index (χ3n) is 3.02. The van der Waals surface area contributed by atoms with Gasteiger partial charge in [-0.15, -0.1) is 0 Å². The summed E-state index contributed by atoms with van der Waals surface area (Å²) in [5.74, 6) is 0. The number of benzene rings is 1. The molecule has 0 aliphatic carbocycles. The lowest BCUT2D eigenvalue weighted by molar-refractivity contribution is 0.383. The lowest BCUT2D eigenvalue weighted by Crippen LogP contribution is -2.34. The highest BCUT2D eigenvalue weighted by atomic mass is 15.0. The van der Waals surface area contributed by atoms with E-state index in [1.165, 1.54) is 17.7 Å². The Labute approximate surface area is 89.5 Å². The van der Waals surface area contributed by atoms with Crippen molar-refractivity contribution in [2.45, 2.75) is 12.5 Å². The highest BCUT2D eigenvalue weighted by molar-refractivity contribution is 5.36. The Bertz CT molecular complexity index is 424. The second-order valence-corrected chi connectivity index (χ2v) is 3.98. The molecule has 2 heteroatoms. The second-order valence-electron chi connectivity index (χ2n) is 3.98. The fourth-order valence-electron chi connectivity index (χ4n) is 1.96. The van der Waals surface area contributed by atoms with Crippen LogP contribution in [0.2, 0.25) is 0 Å². The molecule has 1 aliphatic rings. The largest absolute Gasteiger partial charge is 0.324 e. The molecular formula is C13H14N2. The number of hydrogen-bond acceptors (Lipinski definition) is 1. The van der Waals surface area contributed by atoms with Crippen LogP contribution in [0.4, 0.5) is 0 Å². The zero-order valence-corrected chi connectivity index (χ0v) is 8.56. The molecule has 2 aromatic rings. The summed E-state index contributed by atoms with van der Waals surface area (Å²) in [6.45, 7) is 1.16. The van der Waals surface area contributed by atoms with Crippen LogP contribution in [0.3, 0.4) is 0 Å². The Morgan fingerprint density at radius 1 is 1.07 bits per heavy atom. The summed E-state index contributed by atoms with van der Waals surface area (Å²) >= 11 is 0. The lowest BCUT2D eigenvalue weighted by Gasteiger charge is -2.28. The standard InChI is InChI=1S/C13H14N2/c1-2-10-15(9-1)12-5-3-11(4-6-12)13-7-8-14-13/h1-6,9-10,13-14H,7-8H2. The van der Waals surface area contributed by atoms with Gasteiger partial charge in [0.1, 0.15) is 0 Å². The molecule has 0 amide bonds. The van der Waals surface area contributed by atoms with Gasteiger partial charge < -0.3 is 9.88 Å². The van der Waals surface area contributed by atoms with Crippen LogP contribution in [-0.2, 0) is 0 Å². The first-order chi connectivity index (χ1) is 7.43. The van der Waals surface area contributed by atoms with Crippen LogP contribution in [0.25, 0.3) is 5.69 Å². The normalized spacial score (nSPS) is 19.9. The van der Waals surface area contributed by atoms with Crippen molar-refractivity contribution < 1.29 is 0 Å². The molecule has 15 heavy (non-hydrogen) atoms. The molecule has 0 spiro atoms. The summed E-state index contributed by atoms with van der Waals surface area (Å²) in [6.07, 6.45) is 5.40. The predicted octanol–water partition coefficient (Wildman–Crippen LogP) is 2.51. The molecule has 0 saturated carbocycles. The van der Waals surface area contributed by atoms with Crippen molar-refractivity contribution >= 4 is 0 Å². The van der Waals surface area contributed by atoms with Crippen molar-refractivity contribution in [1.29, 1.82) is 0 Å². The van der Waals surface area contributed by atoms with Crippen molar-refractivity contribution in [3.63, 3.8) is 0 Å². The average molecular weight is 198 g/mol. The molecule has 1 aromatic heterocycles. The molecular weight excluding hydrogens is 184 g/mol. The van der Waals surface area contributed by atoms with Gasteiger partial charge in [-0.05, 0) is 42.8 Å². The van der Waals surface area contributed by atoms with Crippen molar-refractivity contribution in [2.24, 2.45) is 0 Å². The monoisotopic (exact) mass is 198 g/mol. The van der Waals surface area contributed by atoms with Gasteiger partial charge in [-0.2, -0.15) is 0 Å². The summed E-state index contributed by atoms with van der Waals surface area (Å²) in [4.78, 5) is 0. The quantitative estimate of drug-likeness (QED) is 0.784. The van der Waals surface area contributed by atoms with Gasteiger partial charge in [0, 0.05) is 24.1 Å². The summed E-state index contributed by atoms with van der Waals surface area (Å²) < 4.78 is 2.12. The molecule has 3 rings (SSSR count). The molecule has 2 nitrogen and oxygen atoms in total. The van der Waals surface area contributed by atoms with Gasteiger partial charge >= 0.3 is 0 Å². The summed E-state index contributed by atoms with van der Waals surface area (Å²) in [6, 6.07) is 13.5. The zero-order chi connectivity index (χ0) is 10.1. The van der Waals surface area contributed by atoms with Crippen molar-refractivity contribution in [3.8, 4) is 5.69 Å². The number of hydrogen-bond donors (Lipinski definition) is 1. The summed E-state index contributed by atoms with van der Waals surface area (Å²) in [7, 11) is 0. The fraction of sp³-hybridized carbons (Fsp3) is 0.231. The first-order valence-corrected chi connectivity index (χ1v) is 5.40. The molecule has 1 unspecified atom stereocenters. The summed E-state index contributed by atoms with van der Waals surface area (Å²) in [5, 5.41) is 3.41. The van der Waals surface area contributed by atoms with Crippen LogP contribution >= 0.6 is 0 Å². The Balaban J connectivity index is 1.87. The highest BCUT2D eigenvalue weighted by Gasteiger charge is 2.17. The number of nitrogens with zero attached hydrogens (tertiary/aromatic N) is 1. The van der Waals surface area contributed by atoms with Crippen LogP contribution in [-0.4, -0.2) is 11.1 Å². The van der Waals surface area contributed by atoms with Crippen molar-refractivity contribution in [2.75, 3.05) is 6.54 Å². The minimum atomic E-state index is 0.587. The van der Waals surface area contributed by atoms with Crippen LogP contribution < -0.4 is 5.32 Å². The van der Waals surface area contributed by atoms with Gasteiger partial charge in [-0.1, -0.05) is 12.1 Å². The van der Waals surface area contributed by atoms with Gasteiger partial charge in [0.15, 0.2) is 0 Å². The Morgan fingerprint density at radius 3 is 2.27 bits per heavy atom. The predicted molar refractivity (Wildman–Crippen MR) is 61.1 cm³/mol. The van der Waals surface area contributed by atoms with Crippen LogP contribution in [0.1, 0.15) is 18.0 Å². The van der Waals surface area contributed by atoms with Gasteiger partial charge in [0.05, 0.1) is 0 Å². The zero-order valence-electron chi connectivity index (χ0n) is 8.56. The number of aromatic nitrogens is 1. The highest BCUT2D eigenvalue weighted by Crippen LogP contribution is 2.23. The van der Waals surface area contributed by atoms with E-state index in [1.54, 1.807) is 0 Å². The molecule has 1 aliphatic heterocycles. The summed E-state index contributed by atoms with van der Waals surface area (Å²) in [5.41, 5.74) is 2.63. The van der Waals surface area contributed by atoms with Gasteiger partial charge in [0.25, 0.3) is 0 Å². The van der Waals surface area contributed by atoms with E-state index in [4.69, 9.17) is 0 Å². The van der Waals surface area contributed by atoms with E-state index < -0.39 is 0 Å². The Kier molecular flexibility index (Phi) is 2.07. The van der Waals surface area contributed by atoms with Crippen LogP contribution in [0.5, 0.6) is 0 Å². The van der Waals surface area contributed by atoms with E-state index in [9.17, 15) is 0 Å². The molecule has 2 heterocycles. The van der Waals surface area contributed by atoms with Crippen molar-refractivity contribution in [3.05, 3.63) is 54.4 Å². The first kappa shape index (κ1) is 8.74. The van der Waals surface area contributed by atoms with Crippen LogP contribution in [0.15, 0.2) is 48.8 Å². The van der Waals surface area contributed by atoms with Gasteiger partial charge in [0.2, 0.25) is 0 Å². The molecule has 1 N–H and O–H groups in total. The maximum Gasteiger partial charge on any atom is 0.0449 e. The van der Waals surface area contributed by atoms with E-state index in [-0.39, 0.29) is 0 Å². The molecule has 1 aromatic carbocycles. The molecule has 1 atom stereocenters. The average Bonchev–Trinajstić information content (AvgIpc) is 2.69. The molecule has 0 radical (unpaired) electrons. The molecule has 1 saturated heterocycles. The SMILES string of the molecule is c1ccn(-c2ccc(C3CCN3)cc2)c1. The minimum Gasteiger partial charge on any atom is -0.324 e. The van der Waals surface area contributed by atoms with E-state index in [0.29, 0.717) is 6.04 Å². The Morgan fingerprint density at radius 2 is 1.73 bits per heavy atom. The maximum atomic E-state index is 3.41. The maximum absolute atomic E-state index is 3.41. The third kappa shape index (κ3) is 1.57. The van der Waals surface area contributed by atoms with Gasteiger partial charge in [-0.25, -0.2) is 0 Å². The third-order valence-corrected chi connectivity index (χ3v) is 3.02. The van der Waals surface area contributed by atoms with E-state index >= 15 is 0 Å². The minimum absolute atomic E-state index is 0.587. The second kappa shape index (κ2) is 3.55. The fourth-order valence-corrected chi connectivity index (χ4v) is 1.96.